The maximum Gasteiger partial charge on any atom is 1.00 e. The van der Waals surface area contributed by atoms with Gasteiger partial charge in [-0.3, -0.25) is 8.88 Å². The molecule has 0 aliphatic heterocycles. The molecule has 14 nitrogen and oxygen atoms in total. The van der Waals surface area contributed by atoms with Crippen molar-refractivity contribution in [1.29, 1.82) is 0 Å². The fourth-order valence-corrected chi connectivity index (χ4v) is 2.24. The van der Waals surface area contributed by atoms with E-state index in [1.807, 2.05) is 0 Å². The van der Waals surface area contributed by atoms with Gasteiger partial charge in [0.1, 0.15) is 0 Å². The zero-order chi connectivity index (χ0) is 15.4. The molecule has 0 bridgehead atoms. The summed E-state index contributed by atoms with van der Waals surface area (Å²) in [5.41, 5.74) is 0. The maximum atomic E-state index is 9.44. The van der Waals surface area contributed by atoms with E-state index in [9.17, 15) is 52.5 Å². The summed E-state index contributed by atoms with van der Waals surface area (Å²) < 4.78 is 42.6. The second-order valence-corrected chi connectivity index (χ2v) is 6.90. The van der Waals surface area contributed by atoms with Gasteiger partial charge in [0.05, 0.1) is 23.5 Å². The van der Waals surface area contributed by atoms with Gasteiger partial charge in [-0.1, -0.05) is 0 Å². The van der Waals surface area contributed by atoms with Gasteiger partial charge in [0.2, 0.25) is 0 Å². The van der Waals surface area contributed by atoms with Crippen molar-refractivity contribution in [3.63, 3.8) is 0 Å². The van der Waals surface area contributed by atoms with Crippen molar-refractivity contribution in [2.75, 3.05) is 0 Å². The zero-order valence-corrected chi connectivity index (χ0v) is 32.1. The van der Waals surface area contributed by atoms with E-state index in [1.54, 1.807) is 0 Å². The van der Waals surface area contributed by atoms with Crippen molar-refractivity contribution >= 4 is 31.3 Å². The van der Waals surface area contributed by atoms with Gasteiger partial charge in [-0.15, -0.1) is 0 Å². The normalized spacial score (nSPS) is 11.8. The number of phosphoric acid groups is 4. The summed E-state index contributed by atoms with van der Waals surface area (Å²) in [7, 11) is -22.4. The Morgan fingerprint density at radius 2 is 0.640 bits per heavy atom. The number of hydrogen-bond donors (Lipinski definition) is 1. The smallest absolute Gasteiger partial charge is 0.790 e. The monoisotopic (exact) mass is 510 g/mol. The second-order valence-electron chi connectivity index (χ2n) is 1.97. The molecule has 25 heavy (non-hydrogen) atoms. The molecule has 0 saturated carbocycles. The molecular formula is HNa7O14P4. The minimum atomic E-state index is -5.68. The second kappa shape index (κ2) is 26.1. The molecule has 0 amide bonds. The molecule has 1 atom stereocenters. The van der Waals surface area contributed by atoms with Gasteiger partial charge in [0.15, 0.2) is 0 Å². The van der Waals surface area contributed by atoms with Crippen LogP contribution in [-0.4, -0.2) is 4.89 Å². The average molecular weight is 510 g/mol. The van der Waals surface area contributed by atoms with Crippen molar-refractivity contribution in [3.8, 4) is 0 Å². The Morgan fingerprint density at radius 1 is 0.480 bits per heavy atom. The molecule has 112 valence electrons. The molecule has 0 radical (unpaired) electrons. The number of hydrogen-bond acceptors (Lipinski definition) is 13. The van der Waals surface area contributed by atoms with Crippen LogP contribution < -0.4 is 241 Å². The van der Waals surface area contributed by atoms with E-state index in [1.165, 1.54) is 0 Å². The Hall–Kier alpha value is 7.52. The van der Waals surface area contributed by atoms with Gasteiger partial charge in [-0.25, -0.2) is 0 Å². The summed E-state index contributed by atoms with van der Waals surface area (Å²) in [4.78, 5) is 73.0. The van der Waals surface area contributed by atoms with Crippen LogP contribution in [-0.2, 0) is 26.9 Å². The molecule has 0 spiro atoms. The summed E-state index contributed by atoms with van der Waals surface area (Å²) in [5, 5.41) is 0. The van der Waals surface area contributed by atoms with Crippen LogP contribution >= 0.6 is 31.3 Å². The molecule has 0 rings (SSSR count). The van der Waals surface area contributed by atoms with Crippen LogP contribution in [0.4, 0.5) is 0 Å². The van der Waals surface area contributed by atoms with E-state index in [0.29, 0.717) is 0 Å². The Morgan fingerprint density at radius 3 is 0.640 bits per heavy atom. The molecule has 0 aromatic carbocycles. The quantitative estimate of drug-likeness (QED) is 0.272. The van der Waals surface area contributed by atoms with Crippen molar-refractivity contribution in [1.82, 2.24) is 0 Å². The fourth-order valence-electron chi connectivity index (χ4n) is 0.249. The summed E-state index contributed by atoms with van der Waals surface area (Å²) in [6, 6.07) is 0. The Bertz CT molecular complexity index is 358. The summed E-state index contributed by atoms with van der Waals surface area (Å²) in [6.07, 6.45) is 0. The van der Waals surface area contributed by atoms with E-state index < -0.39 is 31.3 Å². The first-order valence-corrected chi connectivity index (χ1v) is 8.82. The maximum absolute atomic E-state index is 9.44. The van der Waals surface area contributed by atoms with Gasteiger partial charge < -0.3 is 57.2 Å². The Labute approximate surface area is 297 Å². The number of rotatable bonds is 4. The van der Waals surface area contributed by atoms with E-state index >= 15 is 0 Å². The zero-order valence-electron chi connectivity index (χ0n) is 14.5. The third-order valence-corrected chi connectivity index (χ3v) is 3.63. The standard InChI is InChI=1S/7Na.2H4O7P2/c;;;;;;;2*1-8(2,3)7-9(4,5)6/h;;;;;;;2*(H2,1,2,3)(H2,4,5,6)/q7*+1;;/p-7. The van der Waals surface area contributed by atoms with E-state index in [0.717, 1.165) is 0 Å². The molecule has 0 aromatic heterocycles. The third kappa shape index (κ3) is 72.1. The van der Waals surface area contributed by atoms with Gasteiger partial charge in [0.25, 0.3) is 7.82 Å². The average Bonchev–Trinajstić information content (AvgIpc) is 1.64. The minimum Gasteiger partial charge on any atom is -0.790 e. The van der Waals surface area contributed by atoms with Crippen molar-refractivity contribution < 1.29 is 273 Å². The summed E-state index contributed by atoms with van der Waals surface area (Å²) >= 11 is 0. The first kappa shape index (κ1) is 58.4. The topological polar surface area (TPSA) is 268 Å². The molecule has 0 aliphatic rings. The molecule has 0 aliphatic carbocycles. The molecule has 25 heteroatoms. The SMILES string of the molecule is O=P([O-])([O-])OP(=O)([O-])O.O=P([O-])([O-])OP(=O)([O-])[O-].[Na+].[Na+].[Na+].[Na+].[Na+].[Na+].[Na+]. The fraction of sp³-hybridized carbons (Fsp3) is 0. The summed E-state index contributed by atoms with van der Waals surface area (Å²) in [5.74, 6) is 0. The molecule has 0 fully saturated rings. The molecule has 0 heterocycles. The largest absolute Gasteiger partial charge is 1.00 e. The Kier molecular flexibility index (Phi) is 61.0. The van der Waals surface area contributed by atoms with E-state index in [-0.39, 0.29) is 207 Å². The first-order chi connectivity index (χ1) is 7.41. The Balaban J connectivity index is -0.0000000229. The molecule has 0 saturated heterocycles. The van der Waals surface area contributed by atoms with Gasteiger partial charge in [-0.05, 0) is 0 Å². The van der Waals surface area contributed by atoms with Gasteiger partial charge >= 0.3 is 207 Å². The van der Waals surface area contributed by atoms with Crippen molar-refractivity contribution in [2.24, 2.45) is 0 Å². The van der Waals surface area contributed by atoms with Crippen molar-refractivity contribution in [2.45, 2.75) is 0 Å². The molecule has 0 aromatic rings. The van der Waals surface area contributed by atoms with Crippen molar-refractivity contribution in [3.05, 3.63) is 0 Å². The van der Waals surface area contributed by atoms with Crippen LogP contribution in [0.5, 0.6) is 0 Å². The molecule has 1 unspecified atom stereocenters. The van der Waals surface area contributed by atoms with Gasteiger partial charge in [0, 0.05) is 0 Å². The van der Waals surface area contributed by atoms with Crippen LogP contribution in [0.1, 0.15) is 0 Å². The third-order valence-electron chi connectivity index (χ3n) is 0.403. The minimum absolute atomic E-state index is 0. The van der Waals surface area contributed by atoms with Crippen LogP contribution in [0.15, 0.2) is 0 Å². The van der Waals surface area contributed by atoms with Crippen LogP contribution in [0.2, 0.25) is 0 Å². The molecule has 1 N–H and O–H groups in total. The van der Waals surface area contributed by atoms with E-state index in [4.69, 9.17) is 4.89 Å². The predicted molar refractivity (Wildman–Crippen MR) is 34.8 cm³/mol. The predicted octanol–water partition coefficient (Wildman–Crippen LogP) is -27.0. The van der Waals surface area contributed by atoms with E-state index in [2.05, 4.69) is 8.62 Å². The van der Waals surface area contributed by atoms with Crippen LogP contribution in [0.3, 0.4) is 0 Å². The molecular weight excluding hydrogens is 509 g/mol. The summed E-state index contributed by atoms with van der Waals surface area (Å²) in [6.45, 7) is 0. The van der Waals surface area contributed by atoms with Gasteiger partial charge in [-0.2, -0.15) is 0 Å². The first-order valence-electron chi connectivity index (χ1n) is 2.94. The van der Waals surface area contributed by atoms with Crippen LogP contribution in [0, 0.1) is 0 Å². The van der Waals surface area contributed by atoms with Crippen LogP contribution in [0.25, 0.3) is 0 Å².